The van der Waals surface area contributed by atoms with Crippen LogP contribution in [-0.2, 0) is 11.2 Å². The number of ether oxygens (including phenoxy) is 2. The molecule has 5 heterocycles. The van der Waals surface area contributed by atoms with Crippen LogP contribution < -0.4 is 4.74 Å². The molecule has 0 saturated carbocycles. The van der Waals surface area contributed by atoms with E-state index in [0.717, 1.165) is 67.2 Å². The van der Waals surface area contributed by atoms with E-state index in [4.69, 9.17) is 18.4 Å². The highest BCUT2D eigenvalue weighted by Crippen LogP contribution is 2.39. The van der Waals surface area contributed by atoms with Crippen LogP contribution in [0.3, 0.4) is 0 Å². The molecule has 2 aliphatic heterocycles. The second-order valence-corrected chi connectivity index (χ2v) is 9.75. The number of furan rings is 1. The number of nitrogens with zero attached hydrogens (tertiary/aromatic N) is 3. The van der Waals surface area contributed by atoms with Crippen LogP contribution in [-0.4, -0.2) is 52.9 Å². The van der Waals surface area contributed by atoms with Crippen LogP contribution in [0.15, 0.2) is 45.6 Å². The van der Waals surface area contributed by atoms with Gasteiger partial charge in [0.25, 0.3) is 5.91 Å². The van der Waals surface area contributed by atoms with Gasteiger partial charge in [0, 0.05) is 44.1 Å². The number of hydrogen-bond acceptors (Lipinski definition) is 7. The number of hydrogen-bond donors (Lipinski definition) is 0. The summed E-state index contributed by atoms with van der Waals surface area (Å²) in [6.07, 6.45) is 8.86. The van der Waals surface area contributed by atoms with E-state index in [-0.39, 0.29) is 11.5 Å². The Kier molecular flexibility index (Phi) is 6.90. The fraction of sp³-hybridized carbons (Fsp3) is 0.519. The Morgan fingerprint density at radius 1 is 1.17 bits per heavy atom. The van der Waals surface area contributed by atoms with E-state index in [0.29, 0.717) is 37.8 Å². The number of carbonyl (C=O) groups is 1. The molecule has 8 heteroatoms. The third kappa shape index (κ3) is 5.42. The van der Waals surface area contributed by atoms with Gasteiger partial charge in [-0.3, -0.25) is 9.78 Å². The summed E-state index contributed by atoms with van der Waals surface area (Å²) in [6.45, 7) is 6.63. The molecule has 3 aromatic heterocycles. The third-order valence-corrected chi connectivity index (χ3v) is 7.41. The van der Waals surface area contributed by atoms with Crippen molar-refractivity contribution < 1.29 is 23.2 Å². The Bertz CT molecular complexity index is 1110. The smallest absolute Gasteiger partial charge is 0.289 e. The predicted molar refractivity (Wildman–Crippen MR) is 128 cm³/mol. The van der Waals surface area contributed by atoms with E-state index in [2.05, 4.69) is 10.1 Å². The first kappa shape index (κ1) is 23.6. The number of pyridine rings is 1. The molecule has 0 radical (unpaired) electrons. The van der Waals surface area contributed by atoms with Crippen molar-refractivity contribution in [3.05, 3.63) is 65.2 Å². The Morgan fingerprint density at radius 2 is 1.97 bits per heavy atom. The molecule has 0 bridgehead atoms. The monoisotopic (exact) mass is 479 g/mol. The number of likely N-dealkylation sites (tertiary alicyclic amines) is 1. The van der Waals surface area contributed by atoms with Crippen LogP contribution in [0.1, 0.15) is 65.4 Å². The van der Waals surface area contributed by atoms with Gasteiger partial charge in [0.2, 0.25) is 0 Å². The molecule has 186 valence electrons. The number of aryl methyl sites for hydroxylation is 2. The minimum absolute atomic E-state index is 0.0528. The van der Waals surface area contributed by atoms with Crippen LogP contribution in [0.4, 0.5) is 0 Å². The van der Waals surface area contributed by atoms with Gasteiger partial charge in [0.1, 0.15) is 17.3 Å². The molecule has 2 fully saturated rings. The van der Waals surface area contributed by atoms with E-state index in [9.17, 15) is 4.79 Å². The number of rotatable bonds is 7. The summed E-state index contributed by atoms with van der Waals surface area (Å²) in [5, 5.41) is 3.99. The predicted octanol–water partition coefficient (Wildman–Crippen LogP) is 4.74. The summed E-state index contributed by atoms with van der Waals surface area (Å²) >= 11 is 0. The van der Waals surface area contributed by atoms with Gasteiger partial charge in [0.05, 0.1) is 17.9 Å². The van der Waals surface area contributed by atoms with Crippen LogP contribution >= 0.6 is 0 Å². The highest BCUT2D eigenvalue weighted by atomic mass is 16.5. The fourth-order valence-electron chi connectivity index (χ4n) is 5.29. The van der Waals surface area contributed by atoms with Crippen molar-refractivity contribution in [2.75, 3.05) is 26.3 Å². The summed E-state index contributed by atoms with van der Waals surface area (Å²) in [5.74, 6) is 3.29. The molecule has 8 nitrogen and oxygen atoms in total. The number of carbonyl (C=O) groups excluding carboxylic acids is 1. The molecule has 0 aliphatic carbocycles. The molecular formula is C27H33N3O5. The maximum Gasteiger partial charge on any atom is 0.289 e. The summed E-state index contributed by atoms with van der Waals surface area (Å²) in [4.78, 5) is 19.0. The highest BCUT2D eigenvalue weighted by molar-refractivity contribution is 5.91. The first-order valence-corrected chi connectivity index (χ1v) is 12.5. The Morgan fingerprint density at radius 3 is 2.71 bits per heavy atom. The molecular weight excluding hydrogens is 446 g/mol. The zero-order valence-electron chi connectivity index (χ0n) is 20.5. The SMILES string of the molecule is Cc1noc(C)c1Cc1ccc(C(=O)N2CCC3(CC2)CC(CCOc2ccncc2)CCO3)o1. The van der Waals surface area contributed by atoms with Gasteiger partial charge in [-0.2, -0.15) is 0 Å². The molecule has 2 aliphatic rings. The Hall–Kier alpha value is -3.13. The second-order valence-electron chi connectivity index (χ2n) is 9.75. The molecule has 1 atom stereocenters. The molecule has 1 amide bonds. The first-order valence-electron chi connectivity index (χ1n) is 12.5. The van der Waals surface area contributed by atoms with Crippen molar-refractivity contribution in [2.24, 2.45) is 5.92 Å². The van der Waals surface area contributed by atoms with Gasteiger partial charge >= 0.3 is 0 Å². The van der Waals surface area contributed by atoms with Gasteiger partial charge in [0.15, 0.2) is 5.76 Å². The molecule has 2 saturated heterocycles. The highest BCUT2D eigenvalue weighted by Gasteiger charge is 2.41. The van der Waals surface area contributed by atoms with Crippen molar-refractivity contribution in [3.63, 3.8) is 0 Å². The average molecular weight is 480 g/mol. The van der Waals surface area contributed by atoms with E-state index < -0.39 is 0 Å². The molecule has 35 heavy (non-hydrogen) atoms. The number of aromatic nitrogens is 2. The van der Waals surface area contributed by atoms with E-state index >= 15 is 0 Å². The fourth-order valence-corrected chi connectivity index (χ4v) is 5.29. The van der Waals surface area contributed by atoms with Crippen LogP contribution in [0.25, 0.3) is 0 Å². The lowest BCUT2D eigenvalue weighted by Gasteiger charge is -2.46. The molecule has 1 spiro atoms. The van der Waals surface area contributed by atoms with E-state index in [1.165, 1.54) is 0 Å². The number of piperidine rings is 1. The lowest BCUT2D eigenvalue weighted by molar-refractivity contribution is -0.125. The maximum atomic E-state index is 13.1. The standard InChI is InChI=1S/C27H33N3O5/c1-19-24(20(2)35-29-19)17-23-3-4-25(34-23)26(31)30-13-9-27(10-14-30)18-21(8-16-33-27)7-15-32-22-5-11-28-12-6-22/h3-6,11-12,21H,7-10,13-18H2,1-2H3. The summed E-state index contributed by atoms with van der Waals surface area (Å²) < 4.78 is 23.3. The van der Waals surface area contributed by atoms with Gasteiger partial charge in [-0.25, -0.2) is 0 Å². The molecule has 0 aromatic carbocycles. The summed E-state index contributed by atoms with van der Waals surface area (Å²) in [5.41, 5.74) is 1.73. The summed E-state index contributed by atoms with van der Waals surface area (Å²) in [6, 6.07) is 7.41. The van der Waals surface area contributed by atoms with Gasteiger partial charge in [-0.15, -0.1) is 0 Å². The van der Waals surface area contributed by atoms with Crippen molar-refractivity contribution in [2.45, 2.75) is 58.0 Å². The van der Waals surface area contributed by atoms with E-state index in [1.54, 1.807) is 18.5 Å². The zero-order chi connectivity index (χ0) is 24.3. The largest absolute Gasteiger partial charge is 0.493 e. The van der Waals surface area contributed by atoms with Gasteiger partial charge in [-0.05, 0) is 76.1 Å². The van der Waals surface area contributed by atoms with Crippen LogP contribution in [0, 0.1) is 19.8 Å². The maximum absolute atomic E-state index is 13.1. The normalized spacial score (nSPS) is 19.7. The molecule has 5 rings (SSSR count). The van der Waals surface area contributed by atoms with Gasteiger partial charge < -0.3 is 23.3 Å². The van der Waals surface area contributed by atoms with Crippen molar-refractivity contribution in [3.8, 4) is 5.75 Å². The topological polar surface area (TPSA) is 90.8 Å². The second kappa shape index (κ2) is 10.2. The van der Waals surface area contributed by atoms with Crippen molar-refractivity contribution >= 4 is 5.91 Å². The first-order chi connectivity index (χ1) is 17.0. The average Bonchev–Trinajstić information content (AvgIpc) is 3.47. The van der Waals surface area contributed by atoms with Crippen LogP contribution in [0.2, 0.25) is 0 Å². The Labute approximate surface area is 205 Å². The third-order valence-electron chi connectivity index (χ3n) is 7.41. The quantitative estimate of drug-likeness (QED) is 0.483. The summed E-state index contributed by atoms with van der Waals surface area (Å²) in [7, 11) is 0. The van der Waals surface area contributed by atoms with Crippen LogP contribution in [0.5, 0.6) is 5.75 Å². The van der Waals surface area contributed by atoms with Crippen molar-refractivity contribution in [1.82, 2.24) is 15.0 Å². The minimum atomic E-state index is -0.131. The zero-order valence-corrected chi connectivity index (χ0v) is 20.5. The number of amides is 1. The van der Waals surface area contributed by atoms with Gasteiger partial charge in [-0.1, -0.05) is 5.16 Å². The Balaban J connectivity index is 1.12. The molecule has 1 unspecified atom stereocenters. The lowest BCUT2D eigenvalue weighted by atomic mass is 9.78. The molecule has 3 aromatic rings. The van der Waals surface area contributed by atoms with E-state index in [1.807, 2.05) is 36.9 Å². The molecule has 0 N–H and O–H groups in total. The minimum Gasteiger partial charge on any atom is -0.493 e. The van der Waals surface area contributed by atoms with Crippen molar-refractivity contribution in [1.29, 1.82) is 0 Å². The lowest BCUT2D eigenvalue weighted by Crippen LogP contribution is -2.50.